The monoisotopic (exact) mass is 325 g/mol. The maximum absolute atomic E-state index is 13.1. The minimum absolute atomic E-state index is 0.0626. The van der Waals surface area contributed by atoms with Gasteiger partial charge in [0.25, 0.3) is 0 Å². The fraction of sp³-hybridized carbons (Fsp3) is 0.353. The molecular formula is C17H18F3NO2. The molecule has 23 heavy (non-hydrogen) atoms. The summed E-state index contributed by atoms with van der Waals surface area (Å²) in [4.78, 5) is 12.9. The molecule has 0 spiro atoms. The summed E-state index contributed by atoms with van der Waals surface area (Å²) in [7, 11) is 0. The van der Waals surface area contributed by atoms with Gasteiger partial charge in [0.1, 0.15) is 12.6 Å². The van der Waals surface area contributed by atoms with E-state index in [0.717, 1.165) is 10.5 Å². The highest BCUT2D eigenvalue weighted by Gasteiger charge is 2.47. The maximum atomic E-state index is 13.1. The quantitative estimate of drug-likeness (QED) is 0.821. The highest BCUT2D eigenvalue weighted by Crippen LogP contribution is 2.33. The van der Waals surface area contributed by atoms with Gasteiger partial charge in [-0.25, -0.2) is 4.79 Å². The number of carbonyl (C=O) groups is 1. The van der Waals surface area contributed by atoms with E-state index in [4.69, 9.17) is 4.74 Å². The topological polar surface area (TPSA) is 29.5 Å². The normalized spacial score (nSPS) is 18.3. The van der Waals surface area contributed by atoms with Crippen LogP contribution in [0.4, 0.5) is 18.0 Å². The summed E-state index contributed by atoms with van der Waals surface area (Å²) >= 11 is 0. The van der Waals surface area contributed by atoms with Crippen LogP contribution in [0.15, 0.2) is 54.1 Å². The number of benzene rings is 1. The van der Waals surface area contributed by atoms with Crippen molar-refractivity contribution in [1.29, 1.82) is 0 Å². The van der Waals surface area contributed by atoms with E-state index in [9.17, 15) is 18.0 Å². The van der Waals surface area contributed by atoms with Crippen molar-refractivity contribution in [1.82, 2.24) is 4.90 Å². The number of alkyl halides is 3. The predicted octanol–water partition coefficient (Wildman–Crippen LogP) is 4.46. The molecule has 0 aliphatic carbocycles. The Kier molecular flexibility index (Phi) is 5.13. The van der Waals surface area contributed by atoms with E-state index in [0.29, 0.717) is 11.1 Å². The van der Waals surface area contributed by atoms with Crippen LogP contribution in [0.3, 0.4) is 0 Å². The van der Waals surface area contributed by atoms with E-state index in [1.807, 2.05) is 0 Å². The molecule has 1 atom stereocenters. The number of ether oxygens (including phenoxy) is 1. The molecule has 1 aliphatic heterocycles. The van der Waals surface area contributed by atoms with Crippen molar-refractivity contribution in [3.63, 3.8) is 0 Å². The molecule has 6 heteroatoms. The lowest BCUT2D eigenvalue weighted by Gasteiger charge is -2.35. The maximum Gasteiger partial charge on any atom is 0.410 e. The van der Waals surface area contributed by atoms with Gasteiger partial charge in [-0.1, -0.05) is 48.6 Å². The lowest BCUT2D eigenvalue weighted by Crippen LogP contribution is -2.51. The predicted molar refractivity (Wildman–Crippen MR) is 80.7 cm³/mol. The van der Waals surface area contributed by atoms with Crippen LogP contribution < -0.4 is 0 Å². The van der Waals surface area contributed by atoms with Gasteiger partial charge >= 0.3 is 12.3 Å². The molecule has 1 aromatic rings. The first-order valence-corrected chi connectivity index (χ1v) is 7.18. The molecule has 0 radical (unpaired) electrons. The van der Waals surface area contributed by atoms with Crippen molar-refractivity contribution in [2.75, 3.05) is 6.54 Å². The second-order valence-electron chi connectivity index (χ2n) is 5.47. The first kappa shape index (κ1) is 17.1. The molecule has 1 aromatic carbocycles. The Morgan fingerprint density at radius 3 is 2.57 bits per heavy atom. The zero-order chi connectivity index (χ0) is 17.0. The third-order valence-corrected chi connectivity index (χ3v) is 3.67. The molecule has 2 rings (SSSR count). The van der Waals surface area contributed by atoms with Gasteiger partial charge in [0.2, 0.25) is 0 Å². The van der Waals surface area contributed by atoms with E-state index >= 15 is 0 Å². The molecule has 0 bridgehead atoms. The molecule has 1 heterocycles. The summed E-state index contributed by atoms with van der Waals surface area (Å²) in [5.74, 6) is 0. The standard InChI is InChI=1S/C17H18F3NO2/c1-12(2)14-8-9-15(17(18,19)20)21(10-14)16(22)23-11-13-6-4-3-5-7-13/h3-8,15H,1,9-11H2,2H3. The van der Waals surface area contributed by atoms with Gasteiger partial charge in [0.05, 0.1) is 0 Å². The first-order valence-electron chi connectivity index (χ1n) is 7.18. The van der Waals surface area contributed by atoms with E-state index in [1.54, 1.807) is 37.3 Å². The number of carbonyl (C=O) groups excluding carboxylic acids is 1. The zero-order valence-electron chi connectivity index (χ0n) is 12.8. The van der Waals surface area contributed by atoms with E-state index in [2.05, 4.69) is 6.58 Å². The van der Waals surface area contributed by atoms with Crippen LogP contribution in [-0.4, -0.2) is 29.8 Å². The smallest absolute Gasteiger partial charge is 0.410 e. The van der Waals surface area contributed by atoms with Crippen LogP contribution in [0.5, 0.6) is 0 Å². The van der Waals surface area contributed by atoms with Gasteiger partial charge in [-0.05, 0) is 24.5 Å². The van der Waals surface area contributed by atoms with Gasteiger partial charge in [0.15, 0.2) is 0 Å². The van der Waals surface area contributed by atoms with Gasteiger partial charge < -0.3 is 4.74 Å². The number of nitrogens with zero attached hydrogens (tertiary/aromatic N) is 1. The average molecular weight is 325 g/mol. The van der Waals surface area contributed by atoms with Crippen molar-refractivity contribution in [2.45, 2.75) is 32.2 Å². The first-order chi connectivity index (χ1) is 10.8. The summed E-state index contributed by atoms with van der Waals surface area (Å²) in [6.07, 6.45) is -4.26. The SMILES string of the molecule is C=C(C)C1=CCC(C(F)(F)F)N(C(=O)OCc2ccccc2)C1. The Hall–Kier alpha value is -2.24. The molecule has 0 fully saturated rings. The van der Waals surface area contributed by atoms with Gasteiger partial charge in [-0.2, -0.15) is 13.2 Å². The molecule has 3 nitrogen and oxygen atoms in total. The van der Waals surface area contributed by atoms with Crippen molar-refractivity contribution in [3.8, 4) is 0 Å². The van der Waals surface area contributed by atoms with Crippen LogP contribution in [0.2, 0.25) is 0 Å². The van der Waals surface area contributed by atoms with E-state index < -0.39 is 18.3 Å². The van der Waals surface area contributed by atoms with Gasteiger partial charge in [-0.3, -0.25) is 4.90 Å². The van der Waals surface area contributed by atoms with E-state index in [1.165, 1.54) is 6.08 Å². The van der Waals surface area contributed by atoms with Crippen LogP contribution in [0.1, 0.15) is 18.9 Å². The summed E-state index contributed by atoms with van der Waals surface area (Å²) in [6.45, 7) is 5.22. The summed E-state index contributed by atoms with van der Waals surface area (Å²) in [5, 5.41) is 0. The largest absolute Gasteiger partial charge is 0.445 e. The average Bonchev–Trinajstić information content (AvgIpc) is 2.52. The van der Waals surface area contributed by atoms with Crippen LogP contribution in [0, 0.1) is 0 Å². The number of rotatable bonds is 3. The molecule has 1 amide bonds. The fourth-order valence-corrected chi connectivity index (χ4v) is 2.35. The highest BCUT2D eigenvalue weighted by molar-refractivity contribution is 5.69. The van der Waals surface area contributed by atoms with E-state index in [-0.39, 0.29) is 19.6 Å². The second kappa shape index (κ2) is 6.89. The second-order valence-corrected chi connectivity index (χ2v) is 5.47. The molecule has 0 saturated heterocycles. The third-order valence-electron chi connectivity index (χ3n) is 3.67. The molecule has 124 valence electrons. The van der Waals surface area contributed by atoms with Crippen LogP contribution >= 0.6 is 0 Å². The van der Waals surface area contributed by atoms with Gasteiger partial charge in [-0.15, -0.1) is 0 Å². The number of amides is 1. The van der Waals surface area contributed by atoms with Crippen molar-refractivity contribution in [3.05, 3.63) is 59.7 Å². The molecular weight excluding hydrogens is 307 g/mol. The molecule has 0 saturated carbocycles. The minimum Gasteiger partial charge on any atom is -0.445 e. The minimum atomic E-state index is -4.50. The highest BCUT2D eigenvalue weighted by atomic mass is 19.4. The fourth-order valence-electron chi connectivity index (χ4n) is 2.35. The summed E-state index contributed by atoms with van der Waals surface area (Å²) < 4.78 is 44.5. The number of hydrogen-bond acceptors (Lipinski definition) is 2. The Bertz CT molecular complexity index is 608. The lowest BCUT2D eigenvalue weighted by atomic mass is 9.99. The Morgan fingerprint density at radius 1 is 1.35 bits per heavy atom. The molecule has 0 N–H and O–H groups in total. The summed E-state index contributed by atoms with van der Waals surface area (Å²) in [6, 6.07) is 6.96. The van der Waals surface area contributed by atoms with Crippen molar-refractivity contribution >= 4 is 6.09 Å². The Labute approximate surface area is 133 Å². The van der Waals surface area contributed by atoms with Gasteiger partial charge in [0, 0.05) is 6.54 Å². The lowest BCUT2D eigenvalue weighted by molar-refractivity contribution is -0.178. The van der Waals surface area contributed by atoms with Crippen LogP contribution in [-0.2, 0) is 11.3 Å². The van der Waals surface area contributed by atoms with Crippen molar-refractivity contribution < 1.29 is 22.7 Å². The Balaban J connectivity index is 2.10. The molecule has 1 aliphatic rings. The zero-order valence-corrected chi connectivity index (χ0v) is 12.8. The van der Waals surface area contributed by atoms with Crippen LogP contribution in [0.25, 0.3) is 0 Å². The number of hydrogen-bond donors (Lipinski definition) is 0. The molecule has 1 unspecified atom stereocenters. The van der Waals surface area contributed by atoms with Crippen molar-refractivity contribution in [2.24, 2.45) is 0 Å². The third kappa shape index (κ3) is 4.37. The Morgan fingerprint density at radius 2 is 2.00 bits per heavy atom. The summed E-state index contributed by atoms with van der Waals surface area (Å²) in [5.41, 5.74) is 1.99. The molecule has 0 aromatic heterocycles. The number of halogens is 3.